The molecule has 4 amide bonds. The van der Waals surface area contributed by atoms with E-state index in [1.165, 1.54) is 0 Å². The van der Waals surface area contributed by atoms with Crippen LogP contribution >= 0.6 is 0 Å². The van der Waals surface area contributed by atoms with Crippen LogP contribution in [0.2, 0.25) is 0 Å². The molecule has 2 heterocycles. The lowest BCUT2D eigenvalue weighted by atomic mass is 10.0. The number of piperidine rings is 1. The van der Waals surface area contributed by atoms with Gasteiger partial charge in [-0.3, -0.25) is 34.2 Å². The number of nitrogens with zero attached hydrogens (tertiary/aromatic N) is 1. The van der Waals surface area contributed by atoms with Gasteiger partial charge in [-0.2, -0.15) is 0 Å². The van der Waals surface area contributed by atoms with Crippen molar-refractivity contribution in [1.29, 1.82) is 0 Å². The molecular formula is C25H32N2O10. The molecule has 1 atom stereocenters. The van der Waals surface area contributed by atoms with Gasteiger partial charge in [-0.1, -0.05) is 6.07 Å². The Morgan fingerprint density at radius 1 is 0.865 bits per heavy atom. The normalized spacial score (nSPS) is 17.3. The molecule has 2 N–H and O–H groups in total. The third-order valence-electron chi connectivity index (χ3n) is 5.83. The summed E-state index contributed by atoms with van der Waals surface area (Å²) in [5.41, 5.74) is 1.42. The van der Waals surface area contributed by atoms with Crippen LogP contribution in [-0.2, 0) is 39.8 Å². The van der Waals surface area contributed by atoms with E-state index >= 15 is 0 Å². The Bertz CT molecular complexity index is 996. The van der Waals surface area contributed by atoms with E-state index in [0.717, 1.165) is 10.5 Å². The highest BCUT2D eigenvalue weighted by atomic mass is 16.6. The zero-order valence-corrected chi connectivity index (χ0v) is 20.6. The summed E-state index contributed by atoms with van der Waals surface area (Å²) in [6.45, 7) is 3.04. The van der Waals surface area contributed by atoms with Crippen molar-refractivity contribution in [3.05, 3.63) is 34.9 Å². The molecule has 0 aliphatic carbocycles. The van der Waals surface area contributed by atoms with Crippen LogP contribution in [0.4, 0.5) is 0 Å². The first-order valence-corrected chi connectivity index (χ1v) is 12.3. The van der Waals surface area contributed by atoms with Gasteiger partial charge in [0.25, 0.3) is 11.8 Å². The summed E-state index contributed by atoms with van der Waals surface area (Å²) >= 11 is 0. The minimum absolute atomic E-state index is 0.0255. The quantitative estimate of drug-likeness (QED) is 0.220. The summed E-state index contributed by atoms with van der Waals surface area (Å²) < 4.78 is 21.4. The molecule has 12 nitrogen and oxygen atoms in total. The fraction of sp³-hybridized carbons (Fsp3) is 0.560. The molecule has 1 unspecified atom stereocenters. The lowest BCUT2D eigenvalue weighted by molar-refractivity contribution is -0.138. The monoisotopic (exact) mass is 520 g/mol. The van der Waals surface area contributed by atoms with Gasteiger partial charge < -0.3 is 24.1 Å². The summed E-state index contributed by atoms with van der Waals surface area (Å²) in [6.07, 6.45) is 1.55. The Balaban J connectivity index is 1.26. The van der Waals surface area contributed by atoms with E-state index in [9.17, 15) is 24.0 Å². The lowest BCUT2D eigenvalue weighted by Crippen LogP contribution is -2.54. The van der Waals surface area contributed by atoms with Crippen LogP contribution < -0.4 is 5.32 Å². The van der Waals surface area contributed by atoms with Crippen molar-refractivity contribution in [2.24, 2.45) is 0 Å². The van der Waals surface area contributed by atoms with Gasteiger partial charge in [0.15, 0.2) is 0 Å². The number of carboxylic acid groups (broad SMARTS) is 1. The minimum atomic E-state index is -0.972. The summed E-state index contributed by atoms with van der Waals surface area (Å²) in [5.74, 6) is -2.96. The lowest BCUT2D eigenvalue weighted by Gasteiger charge is -2.27. The van der Waals surface area contributed by atoms with Crippen molar-refractivity contribution < 1.29 is 48.0 Å². The molecule has 202 valence electrons. The number of hydrogen-bond acceptors (Lipinski definition) is 9. The number of aliphatic carboxylic acids is 1. The Hall–Kier alpha value is -3.19. The number of aryl methyl sites for hydroxylation is 1. The molecule has 0 saturated carbocycles. The van der Waals surface area contributed by atoms with E-state index in [4.69, 9.17) is 24.1 Å². The van der Waals surface area contributed by atoms with Gasteiger partial charge in [-0.05, 0) is 37.0 Å². The number of nitrogens with one attached hydrogen (secondary N) is 1. The van der Waals surface area contributed by atoms with Gasteiger partial charge in [-0.15, -0.1) is 0 Å². The maximum Gasteiger partial charge on any atom is 0.305 e. The Kier molecular flexibility index (Phi) is 11.1. The van der Waals surface area contributed by atoms with E-state index in [1.54, 1.807) is 18.2 Å². The number of imide groups is 2. The number of fused-ring (bicyclic) bond motifs is 1. The molecule has 0 radical (unpaired) electrons. The fourth-order valence-corrected chi connectivity index (χ4v) is 3.97. The zero-order valence-electron chi connectivity index (χ0n) is 20.6. The second-order valence-corrected chi connectivity index (χ2v) is 8.52. The number of benzene rings is 1. The molecule has 0 bridgehead atoms. The number of hydrogen-bond donors (Lipinski definition) is 2. The summed E-state index contributed by atoms with van der Waals surface area (Å²) in [6, 6.07) is 4.11. The highest BCUT2D eigenvalue weighted by Gasteiger charge is 2.44. The highest BCUT2D eigenvalue weighted by molar-refractivity contribution is 6.23. The number of carbonyl (C=O) groups excluding carboxylic acids is 4. The average Bonchev–Trinajstić information content (AvgIpc) is 3.11. The molecule has 37 heavy (non-hydrogen) atoms. The largest absolute Gasteiger partial charge is 0.481 e. The third-order valence-corrected chi connectivity index (χ3v) is 5.83. The van der Waals surface area contributed by atoms with Crippen molar-refractivity contribution in [3.63, 3.8) is 0 Å². The summed E-state index contributed by atoms with van der Waals surface area (Å²) in [4.78, 5) is 60.4. The number of rotatable bonds is 17. The van der Waals surface area contributed by atoms with Gasteiger partial charge in [0.05, 0.1) is 63.8 Å². The van der Waals surface area contributed by atoms with Crippen molar-refractivity contribution >= 4 is 29.6 Å². The first kappa shape index (κ1) is 28.4. The second-order valence-electron chi connectivity index (χ2n) is 8.52. The number of carbonyl (C=O) groups is 5. The molecule has 1 saturated heterocycles. The van der Waals surface area contributed by atoms with Gasteiger partial charge in [0.2, 0.25) is 11.8 Å². The Morgan fingerprint density at radius 3 is 2.08 bits per heavy atom. The molecule has 2 aliphatic rings. The number of carboxylic acids is 1. The van der Waals surface area contributed by atoms with Crippen molar-refractivity contribution in [1.82, 2.24) is 10.2 Å². The van der Waals surface area contributed by atoms with E-state index in [2.05, 4.69) is 5.32 Å². The first-order chi connectivity index (χ1) is 17.9. The molecule has 1 aromatic rings. The van der Waals surface area contributed by atoms with E-state index in [-0.39, 0.29) is 37.0 Å². The predicted octanol–water partition coefficient (Wildman–Crippen LogP) is 0.562. The molecular weight excluding hydrogens is 488 g/mol. The van der Waals surface area contributed by atoms with Crippen LogP contribution in [-0.4, -0.2) is 98.5 Å². The van der Waals surface area contributed by atoms with Crippen molar-refractivity contribution in [2.45, 2.75) is 38.1 Å². The minimum Gasteiger partial charge on any atom is -0.481 e. The summed E-state index contributed by atoms with van der Waals surface area (Å²) in [7, 11) is 0. The van der Waals surface area contributed by atoms with Crippen LogP contribution in [0.5, 0.6) is 0 Å². The van der Waals surface area contributed by atoms with Gasteiger partial charge in [-0.25, -0.2) is 0 Å². The molecule has 12 heteroatoms. The van der Waals surface area contributed by atoms with E-state index in [0.29, 0.717) is 59.1 Å². The van der Waals surface area contributed by atoms with Crippen LogP contribution in [0.3, 0.4) is 0 Å². The van der Waals surface area contributed by atoms with Crippen molar-refractivity contribution in [2.75, 3.05) is 52.9 Å². The van der Waals surface area contributed by atoms with Crippen LogP contribution in [0.15, 0.2) is 18.2 Å². The predicted molar refractivity (Wildman–Crippen MR) is 127 cm³/mol. The number of ether oxygens (including phenoxy) is 4. The van der Waals surface area contributed by atoms with Crippen LogP contribution in [0, 0.1) is 0 Å². The molecule has 1 aromatic carbocycles. The highest BCUT2D eigenvalue weighted by Crippen LogP contribution is 2.28. The molecule has 2 aliphatic heterocycles. The average molecular weight is 521 g/mol. The van der Waals surface area contributed by atoms with Gasteiger partial charge in [0.1, 0.15) is 6.04 Å². The first-order valence-electron chi connectivity index (χ1n) is 12.3. The maximum absolute atomic E-state index is 12.9. The van der Waals surface area contributed by atoms with Gasteiger partial charge >= 0.3 is 5.97 Å². The van der Waals surface area contributed by atoms with E-state index < -0.39 is 35.6 Å². The smallest absolute Gasteiger partial charge is 0.305 e. The standard InChI is InChI=1S/C25H32N2O10/c28-21-6-5-20(23(31)26-21)27-24(32)18-4-3-17(16-19(18)25(27)33)2-1-8-34-10-12-36-14-15-37-13-11-35-9-7-22(29)30/h3-4,16,20H,1-2,5-15H2,(H,29,30)(H,26,28,31). The topological polar surface area (TPSA) is 158 Å². The second kappa shape index (κ2) is 14.5. The molecule has 0 aromatic heterocycles. The van der Waals surface area contributed by atoms with Gasteiger partial charge in [0, 0.05) is 13.0 Å². The maximum atomic E-state index is 12.9. The fourth-order valence-electron chi connectivity index (χ4n) is 3.97. The van der Waals surface area contributed by atoms with Crippen molar-refractivity contribution in [3.8, 4) is 0 Å². The Labute approximate surface area is 214 Å². The third kappa shape index (κ3) is 8.42. The summed E-state index contributed by atoms with van der Waals surface area (Å²) in [5, 5.41) is 10.7. The van der Waals surface area contributed by atoms with Crippen LogP contribution in [0.1, 0.15) is 52.0 Å². The zero-order chi connectivity index (χ0) is 26.6. The Morgan fingerprint density at radius 2 is 1.46 bits per heavy atom. The van der Waals surface area contributed by atoms with E-state index in [1.807, 2.05) is 0 Å². The van der Waals surface area contributed by atoms with Crippen LogP contribution in [0.25, 0.3) is 0 Å². The molecule has 3 rings (SSSR count). The molecule has 0 spiro atoms. The number of amides is 4. The SMILES string of the molecule is O=C(O)CCOCCOCCOCCOCCCc1ccc2c(c1)C(=O)N(C1CCC(=O)NC1=O)C2=O. The molecule has 1 fully saturated rings.